The Balaban J connectivity index is 2.46. The summed E-state index contributed by atoms with van der Waals surface area (Å²) in [5.74, 6) is 3.24. The summed E-state index contributed by atoms with van der Waals surface area (Å²) >= 11 is 4.23. The molecule has 1 aromatic carbocycles. The van der Waals surface area contributed by atoms with E-state index in [9.17, 15) is 0 Å². The third kappa shape index (κ3) is 4.90. The van der Waals surface area contributed by atoms with Gasteiger partial charge in [-0.05, 0) is 49.1 Å². The molecule has 0 aliphatic rings. The standard InChI is InChI=1S/C14H22O2S/c1-11(7-9-17)6-8-16-13-5-4-12(2)10-14(13)15-3/h4-5,10-11,17H,6-9H2,1-3H3. The van der Waals surface area contributed by atoms with Gasteiger partial charge in [0.15, 0.2) is 11.5 Å². The van der Waals surface area contributed by atoms with Gasteiger partial charge >= 0.3 is 0 Å². The van der Waals surface area contributed by atoms with Crippen molar-refractivity contribution < 1.29 is 9.47 Å². The molecule has 1 atom stereocenters. The number of ether oxygens (including phenoxy) is 2. The van der Waals surface area contributed by atoms with Crippen LogP contribution in [-0.4, -0.2) is 19.5 Å². The van der Waals surface area contributed by atoms with E-state index in [-0.39, 0.29) is 0 Å². The van der Waals surface area contributed by atoms with E-state index in [2.05, 4.69) is 19.6 Å². The van der Waals surface area contributed by atoms with Crippen molar-refractivity contribution in [2.45, 2.75) is 26.7 Å². The van der Waals surface area contributed by atoms with Gasteiger partial charge in [0.05, 0.1) is 13.7 Å². The van der Waals surface area contributed by atoms with E-state index in [1.165, 1.54) is 5.56 Å². The molecule has 0 fully saturated rings. The fourth-order valence-corrected chi connectivity index (χ4v) is 2.07. The van der Waals surface area contributed by atoms with Gasteiger partial charge in [0.2, 0.25) is 0 Å². The van der Waals surface area contributed by atoms with E-state index in [1.807, 2.05) is 25.1 Å². The smallest absolute Gasteiger partial charge is 0.161 e. The van der Waals surface area contributed by atoms with Gasteiger partial charge in [-0.15, -0.1) is 0 Å². The lowest BCUT2D eigenvalue weighted by molar-refractivity contribution is 0.267. The van der Waals surface area contributed by atoms with E-state index < -0.39 is 0 Å². The summed E-state index contributed by atoms with van der Waals surface area (Å²) in [4.78, 5) is 0. The van der Waals surface area contributed by atoms with Crippen LogP contribution in [0.25, 0.3) is 0 Å². The SMILES string of the molecule is COc1cc(C)ccc1OCCC(C)CCS. The Morgan fingerprint density at radius 1 is 1.24 bits per heavy atom. The quantitative estimate of drug-likeness (QED) is 0.747. The highest BCUT2D eigenvalue weighted by molar-refractivity contribution is 7.80. The van der Waals surface area contributed by atoms with Gasteiger partial charge in [-0.1, -0.05) is 13.0 Å². The molecule has 0 spiro atoms. The van der Waals surface area contributed by atoms with Crippen molar-refractivity contribution in [3.63, 3.8) is 0 Å². The van der Waals surface area contributed by atoms with Gasteiger partial charge in [0, 0.05) is 0 Å². The molecule has 0 aliphatic carbocycles. The molecule has 17 heavy (non-hydrogen) atoms. The van der Waals surface area contributed by atoms with Crippen molar-refractivity contribution in [2.75, 3.05) is 19.5 Å². The number of thiol groups is 1. The Kier molecular flexibility index (Phi) is 6.27. The Morgan fingerprint density at radius 3 is 2.65 bits per heavy atom. The molecule has 0 saturated carbocycles. The summed E-state index contributed by atoms with van der Waals surface area (Å²) in [6, 6.07) is 6.00. The molecule has 1 aromatic rings. The fourth-order valence-electron chi connectivity index (χ4n) is 1.63. The second-order valence-corrected chi connectivity index (χ2v) is 4.86. The van der Waals surface area contributed by atoms with Crippen LogP contribution in [0.4, 0.5) is 0 Å². The minimum Gasteiger partial charge on any atom is -0.493 e. The topological polar surface area (TPSA) is 18.5 Å². The van der Waals surface area contributed by atoms with E-state index in [0.29, 0.717) is 5.92 Å². The van der Waals surface area contributed by atoms with E-state index in [0.717, 1.165) is 36.7 Å². The molecule has 0 aromatic heterocycles. The average molecular weight is 254 g/mol. The minimum absolute atomic E-state index is 0.656. The number of hydrogen-bond donors (Lipinski definition) is 1. The lowest BCUT2D eigenvalue weighted by atomic mass is 10.1. The van der Waals surface area contributed by atoms with Crippen LogP contribution in [0.1, 0.15) is 25.3 Å². The molecular weight excluding hydrogens is 232 g/mol. The molecule has 0 amide bonds. The van der Waals surface area contributed by atoms with Gasteiger partial charge in [0.25, 0.3) is 0 Å². The first-order valence-electron chi connectivity index (χ1n) is 6.05. The molecule has 96 valence electrons. The summed E-state index contributed by atoms with van der Waals surface area (Å²) in [6.45, 7) is 5.00. The largest absolute Gasteiger partial charge is 0.493 e. The zero-order valence-electron chi connectivity index (χ0n) is 10.9. The Hall–Kier alpha value is -0.830. The molecular formula is C14H22O2S. The highest BCUT2D eigenvalue weighted by Gasteiger charge is 2.06. The third-order valence-corrected chi connectivity index (χ3v) is 3.07. The molecule has 1 rings (SSSR count). The van der Waals surface area contributed by atoms with Crippen molar-refractivity contribution in [3.8, 4) is 11.5 Å². The summed E-state index contributed by atoms with van der Waals surface area (Å²) < 4.78 is 11.0. The Morgan fingerprint density at radius 2 is 2.00 bits per heavy atom. The van der Waals surface area contributed by atoms with Gasteiger partial charge in [-0.3, -0.25) is 0 Å². The van der Waals surface area contributed by atoms with Gasteiger partial charge < -0.3 is 9.47 Å². The van der Waals surface area contributed by atoms with Crippen LogP contribution in [-0.2, 0) is 0 Å². The van der Waals surface area contributed by atoms with Crippen LogP contribution in [0.5, 0.6) is 11.5 Å². The second kappa shape index (κ2) is 7.49. The zero-order chi connectivity index (χ0) is 12.7. The number of aryl methyl sites for hydroxylation is 1. The number of rotatable bonds is 7. The van der Waals surface area contributed by atoms with Crippen molar-refractivity contribution in [1.29, 1.82) is 0 Å². The van der Waals surface area contributed by atoms with Gasteiger partial charge in [-0.2, -0.15) is 12.6 Å². The van der Waals surface area contributed by atoms with Crippen molar-refractivity contribution in [3.05, 3.63) is 23.8 Å². The first-order chi connectivity index (χ1) is 8.17. The predicted molar refractivity (Wildman–Crippen MR) is 75.5 cm³/mol. The normalized spacial score (nSPS) is 12.2. The highest BCUT2D eigenvalue weighted by atomic mass is 32.1. The molecule has 2 nitrogen and oxygen atoms in total. The zero-order valence-corrected chi connectivity index (χ0v) is 11.8. The Bertz CT molecular complexity index is 339. The fraction of sp³-hybridized carbons (Fsp3) is 0.571. The number of methoxy groups -OCH3 is 1. The van der Waals surface area contributed by atoms with Crippen molar-refractivity contribution >= 4 is 12.6 Å². The van der Waals surface area contributed by atoms with E-state index in [4.69, 9.17) is 9.47 Å². The maximum atomic E-state index is 5.75. The summed E-state index contributed by atoms with van der Waals surface area (Å²) in [5.41, 5.74) is 1.18. The molecule has 3 heteroatoms. The van der Waals surface area contributed by atoms with Gasteiger partial charge in [0.1, 0.15) is 0 Å². The van der Waals surface area contributed by atoms with E-state index >= 15 is 0 Å². The van der Waals surface area contributed by atoms with Crippen LogP contribution in [0.3, 0.4) is 0 Å². The van der Waals surface area contributed by atoms with Crippen LogP contribution >= 0.6 is 12.6 Å². The molecule has 0 saturated heterocycles. The van der Waals surface area contributed by atoms with Crippen LogP contribution in [0.2, 0.25) is 0 Å². The summed E-state index contributed by atoms with van der Waals surface area (Å²) in [6.07, 6.45) is 2.19. The third-order valence-electron chi connectivity index (χ3n) is 2.81. The first kappa shape index (κ1) is 14.2. The lowest BCUT2D eigenvalue weighted by Gasteiger charge is -2.13. The van der Waals surface area contributed by atoms with Crippen LogP contribution < -0.4 is 9.47 Å². The van der Waals surface area contributed by atoms with Crippen molar-refractivity contribution in [1.82, 2.24) is 0 Å². The minimum atomic E-state index is 0.656. The van der Waals surface area contributed by atoms with Crippen molar-refractivity contribution in [2.24, 2.45) is 5.92 Å². The average Bonchev–Trinajstić information content (AvgIpc) is 2.31. The highest BCUT2D eigenvalue weighted by Crippen LogP contribution is 2.28. The predicted octanol–water partition coefficient (Wildman–Crippen LogP) is 3.73. The molecule has 1 unspecified atom stereocenters. The molecule has 0 aliphatic heterocycles. The molecule has 0 N–H and O–H groups in total. The summed E-state index contributed by atoms with van der Waals surface area (Å²) in [5, 5.41) is 0. The van der Waals surface area contributed by atoms with Crippen LogP contribution in [0, 0.1) is 12.8 Å². The number of benzene rings is 1. The van der Waals surface area contributed by atoms with E-state index in [1.54, 1.807) is 7.11 Å². The summed E-state index contributed by atoms with van der Waals surface area (Å²) in [7, 11) is 1.67. The maximum Gasteiger partial charge on any atom is 0.161 e. The first-order valence-corrected chi connectivity index (χ1v) is 6.69. The maximum absolute atomic E-state index is 5.75. The Labute approximate surface area is 110 Å². The monoisotopic (exact) mass is 254 g/mol. The molecule has 0 radical (unpaired) electrons. The lowest BCUT2D eigenvalue weighted by Crippen LogP contribution is -2.05. The molecule has 0 heterocycles. The number of hydrogen-bond acceptors (Lipinski definition) is 3. The molecule has 0 bridgehead atoms. The second-order valence-electron chi connectivity index (χ2n) is 4.41. The van der Waals surface area contributed by atoms with Crippen LogP contribution in [0.15, 0.2) is 18.2 Å². The van der Waals surface area contributed by atoms with Gasteiger partial charge in [-0.25, -0.2) is 0 Å².